The number of aliphatic hydroxyl groups excluding tert-OH is 1. The molecule has 0 saturated carbocycles. The summed E-state index contributed by atoms with van der Waals surface area (Å²) >= 11 is 0. The van der Waals surface area contributed by atoms with Crippen molar-refractivity contribution < 1.29 is 33.0 Å². The Hall–Kier alpha value is -3.09. The molecule has 14 heteroatoms. The third-order valence-electron chi connectivity index (χ3n) is 5.72. The van der Waals surface area contributed by atoms with Gasteiger partial charge < -0.3 is 24.4 Å². The minimum absolute atomic E-state index is 0.276. The van der Waals surface area contributed by atoms with Gasteiger partial charge in [-0.1, -0.05) is 25.1 Å². The van der Waals surface area contributed by atoms with E-state index in [0.717, 1.165) is 0 Å². The third-order valence-corrected chi connectivity index (χ3v) is 7.20. The first kappa shape index (κ1) is 27.0. The van der Waals surface area contributed by atoms with E-state index in [9.17, 15) is 14.5 Å². The third kappa shape index (κ3) is 6.25. The first-order valence-corrected chi connectivity index (χ1v) is 13.4. The monoisotopic (exact) mass is 534 g/mol. The van der Waals surface area contributed by atoms with Crippen molar-refractivity contribution in [2.24, 2.45) is 5.92 Å². The number of carbonyl (C=O) groups is 1. The van der Waals surface area contributed by atoms with Crippen LogP contribution in [0.3, 0.4) is 0 Å². The number of ether oxygens (including phenoxy) is 2. The van der Waals surface area contributed by atoms with Crippen LogP contribution in [0, 0.1) is 5.92 Å². The van der Waals surface area contributed by atoms with E-state index < -0.39 is 38.7 Å². The van der Waals surface area contributed by atoms with Gasteiger partial charge in [-0.25, -0.2) is 24.6 Å². The summed E-state index contributed by atoms with van der Waals surface area (Å²) < 4.78 is 37.7. The lowest BCUT2D eigenvalue weighted by Crippen LogP contribution is -2.32. The molecular weight excluding hydrogens is 503 g/mol. The molecule has 0 aliphatic carbocycles. The SMILES string of the molecule is CNc1ncnc2c1ncn2[C@@H]1O[C@H](COP(=O)(NCC(=O)OC(C)C)Oc2ccccc2)[C@@H](O)[C@@H]1C. The molecule has 1 aliphatic rings. The summed E-state index contributed by atoms with van der Waals surface area (Å²) in [5.74, 6) is -0.144. The van der Waals surface area contributed by atoms with Crippen LogP contribution in [0.2, 0.25) is 0 Å². The number of imidazole rings is 1. The van der Waals surface area contributed by atoms with Crippen LogP contribution in [-0.2, 0) is 23.4 Å². The quantitative estimate of drug-likeness (QED) is 0.244. The van der Waals surface area contributed by atoms with Crippen LogP contribution >= 0.6 is 7.75 Å². The van der Waals surface area contributed by atoms with Crippen molar-refractivity contribution in [3.05, 3.63) is 43.0 Å². The summed E-state index contributed by atoms with van der Waals surface area (Å²) in [4.78, 5) is 24.9. The number of anilines is 1. The molecule has 37 heavy (non-hydrogen) atoms. The zero-order valence-electron chi connectivity index (χ0n) is 21.0. The van der Waals surface area contributed by atoms with E-state index in [0.29, 0.717) is 17.0 Å². The predicted molar refractivity (Wildman–Crippen MR) is 134 cm³/mol. The highest BCUT2D eigenvalue weighted by Crippen LogP contribution is 2.46. The molecule has 1 fully saturated rings. The zero-order chi connectivity index (χ0) is 26.6. The normalized spacial score (nSPS) is 23.2. The standard InChI is InChI=1S/C23H31N6O7P/c1-14(2)34-18(30)10-28-37(32,36-16-8-6-5-7-9-16)33-11-17-20(31)15(3)23(35-17)29-13-27-19-21(24-4)25-12-26-22(19)29/h5-9,12-15,17,20,23,31H,10-11H2,1-4H3,(H,28,32)(H,24,25,26)/t15-,17+,20-,23+,37?/m0/s1. The number of nitrogens with zero attached hydrogens (tertiary/aromatic N) is 4. The molecule has 2 aromatic heterocycles. The van der Waals surface area contributed by atoms with Gasteiger partial charge >= 0.3 is 13.7 Å². The lowest BCUT2D eigenvalue weighted by Gasteiger charge is -2.22. The highest BCUT2D eigenvalue weighted by Gasteiger charge is 2.44. The maximum atomic E-state index is 13.5. The number of para-hydroxylation sites is 1. The number of nitrogens with one attached hydrogen (secondary N) is 2. The van der Waals surface area contributed by atoms with Gasteiger partial charge in [-0.2, -0.15) is 0 Å². The van der Waals surface area contributed by atoms with E-state index in [1.807, 2.05) is 6.92 Å². The molecule has 0 bridgehead atoms. The topological polar surface area (TPSA) is 159 Å². The van der Waals surface area contributed by atoms with Gasteiger partial charge in [0.1, 0.15) is 36.5 Å². The lowest BCUT2D eigenvalue weighted by molar-refractivity contribution is -0.146. The highest BCUT2D eigenvalue weighted by molar-refractivity contribution is 7.52. The molecule has 4 rings (SSSR count). The second-order valence-corrected chi connectivity index (χ2v) is 10.5. The Kier molecular flexibility index (Phi) is 8.40. The zero-order valence-corrected chi connectivity index (χ0v) is 21.9. The summed E-state index contributed by atoms with van der Waals surface area (Å²) in [5.41, 5.74) is 1.10. The van der Waals surface area contributed by atoms with Gasteiger partial charge in [-0.05, 0) is 26.0 Å². The highest BCUT2D eigenvalue weighted by atomic mass is 31.2. The average Bonchev–Trinajstić information content (AvgIpc) is 3.42. The van der Waals surface area contributed by atoms with Crippen molar-refractivity contribution in [2.45, 2.75) is 45.3 Å². The van der Waals surface area contributed by atoms with Crippen LogP contribution < -0.4 is 14.9 Å². The molecule has 1 saturated heterocycles. The molecule has 5 atom stereocenters. The molecule has 0 radical (unpaired) electrons. The molecule has 3 aromatic rings. The van der Waals surface area contributed by atoms with E-state index in [1.165, 1.54) is 6.33 Å². The number of esters is 1. The van der Waals surface area contributed by atoms with E-state index in [-0.39, 0.29) is 24.4 Å². The summed E-state index contributed by atoms with van der Waals surface area (Å²) in [6, 6.07) is 8.41. The van der Waals surface area contributed by atoms with Crippen LogP contribution in [0.1, 0.15) is 27.0 Å². The summed E-state index contributed by atoms with van der Waals surface area (Å²) in [6.45, 7) is 4.56. The molecule has 1 aliphatic heterocycles. The Bertz CT molecular complexity index is 1260. The molecule has 13 nitrogen and oxygen atoms in total. The van der Waals surface area contributed by atoms with E-state index >= 15 is 0 Å². The van der Waals surface area contributed by atoms with Gasteiger partial charge in [0.2, 0.25) is 0 Å². The molecule has 0 spiro atoms. The van der Waals surface area contributed by atoms with E-state index in [2.05, 4.69) is 25.4 Å². The minimum atomic E-state index is -4.06. The molecule has 3 heterocycles. The Morgan fingerprint density at radius 3 is 2.70 bits per heavy atom. The maximum Gasteiger partial charge on any atom is 0.459 e. The summed E-state index contributed by atoms with van der Waals surface area (Å²) in [6.07, 6.45) is 0.235. The largest absolute Gasteiger partial charge is 0.462 e. The smallest absolute Gasteiger partial charge is 0.459 e. The minimum Gasteiger partial charge on any atom is -0.462 e. The van der Waals surface area contributed by atoms with Gasteiger partial charge in [0.05, 0.1) is 25.1 Å². The van der Waals surface area contributed by atoms with Crippen molar-refractivity contribution in [3.63, 3.8) is 0 Å². The second kappa shape index (κ2) is 11.5. The molecule has 3 N–H and O–H groups in total. The fraction of sp³-hybridized carbons (Fsp3) is 0.478. The first-order chi connectivity index (χ1) is 17.7. The van der Waals surface area contributed by atoms with Crippen molar-refractivity contribution in [2.75, 3.05) is 25.5 Å². The Balaban J connectivity index is 1.48. The van der Waals surface area contributed by atoms with Crippen molar-refractivity contribution in [3.8, 4) is 5.75 Å². The van der Waals surface area contributed by atoms with Gasteiger partial charge in [0.25, 0.3) is 0 Å². The Morgan fingerprint density at radius 2 is 2.00 bits per heavy atom. The summed E-state index contributed by atoms with van der Waals surface area (Å²) in [5, 5.41) is 16.4. The van der Waals surface area contributed by atoms with E-state index in [1.54, 1.807) is 62.1 Å². The number of aliphatic hydroxyl groups is 1. The summed E-state index contributed by atoms with van der Waals surface area (Å²) in [7, 11) is -2.32. The Morgan fingerprint density at radius 1 is 1.24 bits per heavy atom. The molecule has 0 amide bonds. The van der Waals surface area contributed by atoms with Crippen LogP contribution in [0.5, 0.6) is 5.75 Å². The fourth-order valence-electron chi connectivity index (χ4n) is 3.93. The fourth-order valence-corrected chi connectivity index (χ4v) is 5.20. The van der Waals surface area contributed by atoms with Gasteiger partial charge in [-0.15, -0.1) is 0 Å². The maximum absolute atomic E-state index is 13.5. The van der Waals surface area contributed by atoms with Crippen molar-refractivity contribution in [1.82, 2.24) is 24.6 Å². The van der Waals surface area contributed by atoms with Gasteiger partial charge in [0.15, 0.2) is 11.5 Å². The van der Waals surface area contributed by atoms with Crippen LogP contribution in [0.15, 0.2) is 43.0 Å². The predicted octanol–water partition coefficient (Wildman–Crippen LogP) is 2.51. The first-order valence-electron chi connectivity index (χ1n) is 11.8. The van der Waals surface area contributed by atoms with Gasteiger partial charge in [0, 0.05) is 13.0 Å². The number of rotatable bonds is 11. The lowest BCUT2D eigenvalue weighted by atomic mass is 10.0. The van der Waals surface area contributed by atoms with Crippen LogP contribution in [0.25, 0.3) is 11.2 Å². The molecule has 1 unspecified atom stereocenters. The molecule has 1 aromatic carbocycles. The molecular formula is C23H31N6O7P. The Labute approximate surface area is 214 Å². The van der Waals surface area contributed by atoms with Gasteiger partial charge in [-0.3, -0.25) is 13.9 Å². The number of hydrogen-bond acceptors (Lipinski definition) is 11. The van der Waals surface area contributed by atoms with Crippen LogP contribution in [0.4, 0.5) is 5.82 Å². The number of carbonyl (C=O) groups excluding carboxylic acids is 1. The van der Waals surface area contributed by atoms with Crippen molar-refractivity contribution >= 4 is 30.7 Å². The number of benzene rings is 1. The second-order valence-electron chi connectivity index (χ2n) is 8.78. The number of aromatic nitrogens is 4. The van der Waals surface area contributed by atoms with Crippen LogP contribution in [-0.4, -0.2) is 69.1 Å². The number of fused-ring (bicyclic) bond motifs is 1. The van der Waals surface area contributed by atoms with E-state index in [4.69, 9.17) is 18.5 Å². The molecule has 200 valence electrons. The average molecular weight is 535 g/mol. The van der Waals surface area contributed by atoms with Crippen molar-refractivity contribution in [1.29, 1.82) is 0 Å². The number of hydrogen-bond donors (Lipinski definition) is 3.